The quantitative estimate of drug-likeness (QED) is 0.740. The highest BCUT2D eigenvalue weighted by atomic mass is 79.9. The van der Waals surface area contributed by atoms with Gasteiger partial charge in [-0.15, -0.1) is 0 Å². The summed E-state index contributed by atoms with van der Waals surface area (Å²) in [7, 11) is 0. The summed E-state index contributed by atoms with van der Waals surface area (Å²) in [5, 5.41) is 0. The minimum absolute atomic E-state index is 0.251. The highest BCUT2D eigenvalue weighted by Gasteiger charge is 2.19. The summed E-state index contributed by atoms with van der Waals surface area (Å²) in [6.45, 7) is 2.13. The Morgan fingerprint density at radius 3 is 3.00 bits per heavy atom. The van der Waals surface area contributed by atoms with Crippen molar-refractivity contribution in [2.45, 2.75) is 32.2 Å². The lowest BCUT2D eigenvalue weighted by Crippen LogP contribution is -2.17. The molecule has 1 atom stereocenters. The summed E-state index contributed by atoms with van der Waals surface area (Å²) in [5.41, 5.74) is 10.1. The van der Waals surface area contributed by atoms with Crippen molar-refractivity contribution in [2.24, 2.45) is 5.73 Å². The number of halogens is 1. The fourth-order valence-corrected chi connectivity index (χ4v) is 2.57. The van der Waals surface area contributed by atoms with Crippen LogP contribution in [0.1, 0.15) is 35.6 Å². The highest BCUT2D eigenvalue weighted by Crippen LogP contribution is 2.34. The van der Waals surface area contributed by atoms with Crippen LogP contribution < -0.4 is 5.73 Å². The summed E-state index contributed by atoms with van der Waals surface area (Å²) in [4.78, 5) is 0. The second kappa shape index (κ2) is 3.43. The average molecular weight is 240 g/mol. The normalized spacial score (nSPS) is 21.3. The van der Waals surface area contributed by atoms with Crippen LogP contribution in [0.25, 0.3) is 0 Å². The summed E-state index contributed by atoms with van der Waals surface area (Å²) < 4.78 is 1.26. The molecule has 0 heterocycles. The molecule has 0 fully saturated rings. The van der Waals surface area contributed by atoms with Crippen LogP contribution in [0.4, 0.5) is 0 Å². The maximum absolute atomic E-state index is 6.04. The lowest BCUT2D eigenvalue weighted by atomic mass is 9.87. The molecule has 70 valence electrons. The maximum Gasteiger partial charge on any atom is 0.0298 e. The lowest BCUT2D eigenvalue weighted by molar-refractivity contribution is 0.568. The first-order valence-electron chi connectivity index (χ1n) is 4.73. The Hall–Kier alpha value is -0.340. The Labute approximate surface area is 87.5 Å². The van der Waals surface area contributed by atoms with Crippen LogP contribution >= 0.6 is 15.9 Å². The van der Waals surface area contributed by atoms with E-state index in [-0.39, 0.29) is 6.04 Å². The molecule has 0 saturated heterocycles. The average Bonchev–Trinajstić information content (AvgIpc) is 2.12. The molecule has 13 heavy (non-hydrogen) atoms. The van der Waals surface area contributed by atoms with Gasteiger partial charge in [0.05, 0.1) is 0 Å². The van der Waals surface area contributed by atoms with E-state index in [1.807, 2.05) is 0 Å². The fraction of sp³-hybridized carbons (Fsp3) is 0.455. The molecular weight excluding hydrogens is 226 g/mol. The monoisotopic (exact) mass is 239 g/mol. The van der Waals surface area contributed by atoms with E-state index < -0.39 is 0 Å². The lowest BCUT2D eigenvalue weighted by Gasteiger charge is -2.23. The smallest absolute Gasteiger partial charge is 0.0298 e. The van der Waals surface area contributed by atoms with Gasteiger partial charge in [0.15, 0.2) is 0 Å². The van der Waals surface area contributed by atoms with Gasteiger partial charge >= 0.3 is 0 Å². The van der Waals surface area contributed by atoms with E-state index in [2.05, 4.69) is 35.0 Å². The van der Waals surface area contributed by atoms with E-state index in [1.165, 1.54) is 34.0 Å². The van der Waals surface area contributed by atoms with E-state index in [9.17, 15) is 0 Å². The number of rotatable bonds is 0. The molecule has 1 aromatic carbocycles. The third-order valence-corrected chi connectivity index (χ3v) is 3.92. The standard InChI is InChI=1S/C11H14BrN/c1-7-5-6-8-9(11(7)12)3-2-4-10(8)13/h5-6,10H,2-4,13H2,1H3/t10-/m1/s1. The van der Waals surface area contributed by atoms with Crippen LogP contribution in [0.5, 0.6) is 0 Å². The van der Waals surface area contributed by atoms with E-state index in [0.29, 0.717) is 0 Å². The van der Waals surface area contributed by atoms with Crippen LogP contribution in [0, 0.1) is 6.92 Å². The van der Waals surface area contributed by atoms with Crippen molar-refractivity contribution in [3.8, 4) is 0 Å². The molecule has 0 unspecified atom stereocenters. The topological polar surface area (TPSA) is 26.0 Å². The van der Waals surface area contributed by atoms with Crippen molar-refractivity contribution < 1.29 is 0 Å². The summed E-state index contributed by atoms with van der Waals surface area (Å²) in [6, 6.07) is 4.58. The SMILES string of the molecule is Cc1ccc2c(c1Br)CCC[C@H]2N. The zero-order valence-corrected chi connectivity index (χ0v) is 9.39. The minimum Gasteiger partial charge on any atom is -0.324 e. The summed E-state index contributed by atoms with van der Waals surface area (Å²) in [5.74, 6) is 0. The third-order valence-electron chi connectivity index (χ3n) is 2.81. The van der Waals surface area contributed by atoms with Crippen LogP contribution in [-0.2, 0) is 6.42 Å². The number of hydrogen-bond acceptors (Lipinski definition) is 1. The molecule has 2 rings (SSSR count). The van der Waals surface area contributed by atoms with Gasteiger partial charge in [0.25, 0.3) is 0 Å². The fourth-order valence-electron chi connectivity index (χ4n) is 2.01. The second-order valence-corrected chi connectivity index (χ2v) is 4.56. The Kier molecular flexibility index (Phi) is 2.43. The van der Waals surface area contributed by atoms with Crippen LogP contribution in [0.15, 0.2) is 16.6 Å². The van der Waals surface area contributed by atoms with E-state index in [0.717, 1.165) is 6.42 Å². The molecule has 1 nitrogen and oxygen atoms in total. The van der Waals surface area contributed by atoms with Gasteiger partial charge in [-0.2, -0.15) is 0 Å². The summed E-state index contributed by atoms with van der Waals surface area (Å²) >= 11 is 3.64. The number of nitrogens with two attached hydrogens (primary N) is 1. The van der Waals surface area contributed by atoms with Crippen molar-refractivity contribution >= 4 is 15.9 Å². The first kappa shape index (κ1) is 9.22. The molecule has 1 aromatic rings. The van der Waals surface area contributed by atoms with Crippen molar-refractivity contribution in [2.75, 3.05) is 0 Å². The summed E-state index contributed by atoms with van der Waals surface area (Å²) in [6.07, 6.45) is 3.52. The molecule has 0 aromatic heterocycles. The number of aryl methyl sites for hydroxylation is 1. The van der Waals surface area contributed by atoms with Gasteiger partial charge in [0.2, 0.25) is 0 Å². The molecule has 0 spiro atoms. The van der Waals surface area contributed by atoms with Gasteiger partial charge in [-0.3, -0.25) is 0 Å². The Morgan fingerprint density at radius 2 is 2.23 bits per heavy atom. The third kappa shape index (κ3) is 1.53. The van der Waals surface area contributed by atoms with Crippen molar-refractivity contribution in [1.29, 1.82) is 0 Å². The van der Waals surface area contributed by atoms with Crippen molar-refractivity contribution in [3.63, 3.8) is 0 Å². The molecule has 1 aliphatic carbocycles. The predicted octanol–water partition coefficient (Wildman–Crippen LogP) is 3.09. The molecule has 2 heteroatoms. The van der Waals surface area contributed by atoms with Gasteiger partial charge in [-0.1, -0.05) is 28.1 Å². The van der Waals surface area contributed by atoms with Crippen molar-refractivity contribution in [3.05, 3.63) is 33.3 Å². The molecule has 0 saturated carbocycles. The minimum atomic E-state index is 0.251. The molecule has 1 aliphatic rings. The number of benzene rings is 1. The molecule has 0 aliphatic heterocycles. The van der Waals surface area contributed by atoms with Gasteiger partial charge in [0, 0.05) is 10.5 Å². The molecule has 0 radical (unpaired) electrons. The zero-order valence-electron chi connectivity index (χ0n) is 7.81. The van der Waals surface area contributed by atoms with Crippen molar-refractivity contribution in [1.82, 2.24) is 0 Å². The molecule has 2 N–H and O–H groups in total. The Morgan fingerprint density at radius 1 is 1.46 bits per heavy atom. The van der Waals surface area contributed by atoms with Gasteiger partial charge in [-0.25, -0.2) is 0 Å². The first-order valence-corrected chi connectivity index (χ1v) is 5.53. The largest absolute Gasteiger partial charge is 0.324 e. The Balaban J connectivity index is 2.56. The van der Waals surface area contributed by atoms with E-state index in [4.69, 9.17) is 5.73 Å². The van der Waals surface area contributed by atoms with Crippen LogP contribution in [0.2, 0.25) is 0 Å². The van der Waals surface area contributed by atoms with Gasteiger partial charge < -0.3 is 5.73 Å². The van der Waals surface area contributed by atoms with Gasteiger partial charge in [0.1, 0.15) is 0 Å². The predicted molar refractivity (Wildman–Crippen MR) is 58.7 cm³/mol. The van der Waals surface area contributed by atoms with E-state index >= 15 is 0 Å². The second-order valence-electron chi connectivity index (χ2n) is 3.76. The Bertz CT molecular complexity index is 333. The molecule has 0 amide bonds. The molecule has 0 bridgehead atoms. The van der Waals surface area contributed by atoms with Crippen LogP contribution in [-0.4, -0.2) is 0 Å². The number of fused-ring (bicyclic) bond motifs is 1. The van der Waals surface area contributed by atoms with Gasteiger partial charge in [-0.05, 0) is 42.9 Å². The molecular formula is C11H14BrN. The van der Waals surface area contributed by atoms with E-state index in [1.54, 1.807) is 0 Å². The number of hydrogen-bond donors (Lipinski definition) is 1. The van der Waals surface area contributed by atoms with Crippen LogP contribution in [0.3, 0.4) is 0 Å². The first-order chi connectivity index (χ1) is 6.20. The highest BCUT2D eigenvalue weighted by molar-refractivity contribution is 9.10. The maximum atomic E-state index is 6.04. The zero-order chi connectivity index (χ0) is 9.42.